The maximum Gasteiger partial charge on any atom is 0.318 e. The van der Waals surface area contributed by atoms with E-state index in [9.17, 15) is 9.90 Å². The molecule has 2 amide bonds. The Labute approximate surface area is 147 Å². The Balaban J connectivity index is 1.68. The van der Waals surface area contributed by atoms with E-state index < -0.39 is 0 Å². The molecule has 2 N–H and O–H groups in total. The summed E-state index contributed by atoms with van der Waals surface area (Å²) in [6.07, 6.45) is 1.47. The number of aryl methyl sites for hydroxylation is 2. The summed E-state index contributed by atoms with van der Waals surface area (Å²) in [5.74, 6) is 0.790. The zero-order chi connectivity index (χ0) is 18.0. The van der Waals surface area contributed by atoms with Gasteiger partial charge < -0.3 is 19.8 Å². The molecule has 1 aromatic heterocycles. The average molecular weight is 343 g/mol. The van der Waals surface area contributed by atoms with Gasteiger partial charge in [-0.25, -0.2) is 4.79 Å². The monoisotopic (exact) mass is 343 g/mol. The molecule has 0 aliphatic carbocycles. The zero-order valence-electron chi connectivity index (χ0n) is 15.0. The molecule has 2 heterocycles. The molecule has 0 saturated heterocycles. The van der Waals surface area contributed by atoms with E-state index >= 15 is 0 Å². The van der Waals surface area contributed by atoms with Crippen molar-refractivity contribution < 1.29 is 14.4 Å². The highest BCUT2D eigenvalue weighted by atomic mass is 16.5. The van der Waals surface area contributed by atoms with Gasteiger partial charge in [0.1, 0.15) is 5.76 Å². The molecule has 1 aromatic carbocycles. The van der Waals surface area contributed by atoms with Crippen LogP contribution in [0.15, 0.2) is 28.8 Å². The topological polar surface area (TPSA) is 78.6 Å². The summed E-state index contributed by atoms with van der Waals surface area (Å²) in [5.41, 5.74) is 4.13. The maximum absolute atomic E-state index is 12.8. The van der Waals surface area contributed by atoms with Gasteiger partial charge in [-0.15, -0.1) is 0 Å². The van der Waals surface area contributed by atoms with E-state index in [2.05, 4.69) is 16.5 Å². The minimum atomic E-state index is -0.295. The molecular weight excluding hydrogens is 318 g/mol. The predicted molar refractivity (Wildman–Crippen MR) is 94.4 cm³/mol. The molecule has 0 radical (unpaired) electrons. The molecule has 6 nitrogen and oxygen atoms in total. The van der Waals surface area contributed by atoms with Crippen LogP contribution in [0.4, 0.5) is 4.79 Å². The van der Waals surface area contributed by atoms with Crippen molar-refractivity contribution in [2.45, 2.75) is 45.7 Å². The van der Waals surface area contributed by atoms with Gasteiger partial charge >= 0.3 is 6.03 Å². The van der Waals surface area contributed by atoms with E-state index in [-0.39, 0.29) is 24.7 Å². The summed E-state index contributed by atoms with van der Waals surface area (Å²) in [6, 6.07) is 7.50. The number of carbonyl (C=O) groups is 1. The number of hydrogen-bond acceptors (Lipinski definition) is 4. The van der Waals surface area contributed by atoms with Crippen molar-refractivity contribution >= 4 is 6.03 Å². The number of nitrogens with one attached hydrogen (secondary N) is 1. The van der Waals surface area contributed by atoms with E-state index in [1.54, 1.807) is 4.90 Å². The van der Waals surface area contributed by atoms with E-state index in [1.165, 1.54) is 5.56 Å². The van der Waals surface area contributed by atoms with Crippen LogP contribution in [-0.2, 0) is 12.8 Å². The van der Waals surface area contributed by atoms with E-state index in [1.807, 2.05) is 39.0 Å². The van der Waals surface area contributed by atoms with E-state index in [0.29, 0.717) is 13.0 Å². The van der Waals surface area contributed by atoms with Crippen molar-refractivity contribution in [1.82, 2.24) is 15.4 Å². The number of carbonyl (C=O) groups excluding carboxylic acids is 1. The summed E-state index contributed by atoms with van der Waals surface area (Å²) in [7, 11) is 0. The third-order valence-electron chi connectivity index (χ3n) is 4.91. The molecule has 1 aliphatic heterocycles. The number of benzene rings is 1. The molecule has 25 heavy (non-hydrogen) atoms. The molecule has 3 rings (SSSR count). The van der Waals surface area contributed by atoms with Gasteiger partial charge in [0, 0.05) is 18.2 Å². The van der Waals surface area contributed by atoms with Gasteiger partial charge in [-0.1, -0.05) is 29.4 Å². The smallest absolute Gasteiger partial charge is 0.318 e. The van der Waals surface area contributed by atoms with Crippen LogP contribution in [0.3, 0.4) is 0 Å². The number of aromatic nitrogens is 1. The number of fused-ring (bicyclic) bond motifs is 1. The van der Waals surface area contributed by atoms with E-state index in [4.69, 9.17) is 4.52 Å². The molecule has 0 bridgehead atoms. The van der Waals surface area contributed by atoms with Crippen molar-refractivity contribution in [3.8, 4) is 0 Å². The van der Waals surface area contributed by atoms with Gasteiger partial charge in [0.25, 0.3) is 0 Å². The number of urea groups is 1. The molecule has 0 spiro atoms. The second kappa shape index (κ2) is 7.27. The Kier molecular flexibility index (Phi) is 5.08. The van der Waals surface area contributed by atoms with Gasteiger partial charge in [-0.2, -0.15) is 0 Å². The van der Waals surface area contributed by atoms with Gasteiger partial charge in [0.2, 0.25) is 0 Å². The Bertz CT molecular complexity index is 737. The van der Waals surface area contributed by atoms with Crippen molar-refractivity contribution in [2.75, 3.05) is 13.2 Å². The first-order valence-electron chi connectivity index (χ1n) is 8.68. The fraction of sp³-hybridized carbons (Fsp3) is 0.474. The third-order valence-corrected chi connectivity index (χ3v) is 4.91. The Morgan fingerprint density at radius 2 is 2.20 bits per heavy atom. The first kappa shape index (κ1) is 17.5. The lowest BCUT2D eigenvalue weighted by Crippen LogP contribution is -2.49. The molecule has 2 unspecified atom stereocenters. The second-order valence-electron chi connectivity index (χ2n) is 6.70. The summed E-state index contributed by atoms with van der Waals surface area (Å²) < 4.78 is 5.18. The first-order valence-corrected chi connectivity index (χ1v) is 8.68. The quantitative estimate of drug-likeness (QED) is 0.894. The summed E-state index contributed by atoms with van der Waals surface area (Å²) in [6.45, 7) is 6.28. The lowest BCUT2D eigenvalue weighted by molar-refractivity contribution is 0.125. The number of rotatable bonds is 4. The van der Waals surface area contributed by atoms with Crippen LogP contribution in [0.2, 0.25) is 0 Å². The standard InChI is InChI=1S/C19H25N3O3/c1-12(10-17-13(2)21-25-14(17)3)20-19(24)22-9-8-15-6-4-5-7-16(15)18(22)11-23/h4-7,12,18,23H,8-11H2,1-3H3,(H,20,24). The highest BCUT2D eigenvalue weighted by molar-refractivity contribution is 5.75. The normalized spacial score (nSPS) is 17.9. The zero-order valence-corrected chi connectivity index (χ0v) is 15.0. The predicted octanol–water partition coefficient (Wildman–Crippen LogP) is 2.52. The minimum Gasteiger partial charge on any atom is -0.394 e. The SMILES string of the molecule is Cc1noc(C)c1CC(C)NC(=O)N1CCc2ccccc2C1CO. The summed E-state index contributed by atoms with van der Waals surface area (Å²) >= 11 is 0. The molecule has 0 fully saturated rings. The molecule has 1 aliphatic rings. The average Bonchev–Trinajstić information content (AvgIpc) is 2.92. The number of hydrogen-bond donors (Lipinski definition) is 2. The minimum absolute atomic E-state index is 0.0548. The highest BCUT2D eigenvalue weighted by Crippen LogP contribution is 2.29. The van der Waals surface area contributed by atoms with Crippen molar-refractivity contribution in [2.24, 2.45) is 0 Å². The molecular formula is C19H25N3O3. The molecule has 6 heteroatoms. The molecule has 134 valence electrons. The molecule has 2 atom stereocenters. The molecule has 0 saturated carbocycles. The number of nitrogens with zero attached hydrogens (tertiary/aromatic N) is 2. The van der Waals surface area contributed by atoms with Gasteiger partial charge in [0.05, 0.1) is 18.3 Å². The number of aliphatic hydroxyl groups excluding tert-OH is 1. The lowest BCUT2D eigenvalue weighted by Gasteiger charge is -2.37. The van der Waals surface area contributed by atoms with Crippen LogP contribution in [-0.4, -0.2) is 40.4 Å². The van der Waals surface area contributed by atoms with Crippen LogP contribution in [0.25, 0.3) is 0 Å². The van der Waals surface area contributed by atoms with Gasteiger partial charge in [-0.3, -0.25) is 0 Å². The fourth-order valence-corrected chi connectivity index (χ4v) is 3.54. The maximum atomic E-state index is 12.8. The first-order chi connectivity index (χ1) is 12.0. The van der Waals surface area contributed by atoms with Crippen LogP contribution >= 0.6 is 0 Å². The molecule has 2 aromatic rings. The van der Waals surface area contributed by atoms with Gasteiger partial charge in [0.15, 0.2) is 0 Å². The Morgan fingerprint density at radius 3 is 2.88 bits per heavy atom. The Hall–Kier alpha value is -2.34. The van der Waals surface area contributed by atoms with Crippen LogP contribution in [0.5, 0.6) is 0 Å². The van der Waals surface area contributed by atoms with Gasteiger partial charge in [-0.05, 0) is 44.7 Å². The number of aliphatic hydroxyl groups is 1. The van der Waals surface area contributed by atoms with Crippen molar-refractivity contribution in [3.63, 3.8) is 0 Å². The second-order valence-corrected chi connectivity index (χ2v) is 6.70. The van der Waals surface area contributed by atoms with Crippen LogP contribution in [0.1, 0.15) is 41.1 Å². The fourth-order valence-electron chi connectivity index (χ4n) is 3.54. The van der Waals surface area contributed by atoms with E-state index in [0.717, 1.165) is 29.0 Å². The third kappa shape index (κ3) is 3.54. The summed E-state index contributed by atoms with van der Waals surface area (Å²) in [5, 5.41) is 16.8. The highest BCUT2D eigenvalue weighted by Gasteiger charge is 2.30. The van der Waals surface area contributed by atoms with Crippen LogP contribution < -0.4 is 5.32 Å². The Morgan fingerprint density at radius 1 is 1.44 bits per heavy atom. The van der Waals surface area contributed by atoms with Crippen LogP contribution in [0, 0.1) is 13.8 Å². The lowest BCUT2D eigenvalue weighted by atomic mass is 9.93. The van der Waals surface area contributed by atoms with Crippen molar-refractivity contribution in [3.05, 3.63) is 52.4 Å². The number of amides is 2. The largest absolute Gasteiger partial charge is 0.394 e. The summed E-state index contributed by atoms with van der Waals surface area (Å²) in [4.78, 5) is 14.5. The van der Waals surface area contributed by atoms with Crippen molar-refractivity contribution in [1.29, 1.82) is 0 Å².